The Morgan fingerprint density at radius 2 is 1.98 bits per heavy atom. The van der Waals surface area contributed by atoms with E-state index in [0.717, 1.165) is 16.4 Å². The molecule has 0 saturated carbocycles. The molecular weight excluding hydrogens is 658 g/mol. The maximum absolute atomic E-state index is 13.3. The van der Waals surface area contributed by atoms with Gasteiger partial charge in [-0.2, -0.15) is 13.9 Å². The monoisotopic (exact) mass is 694 g/mol. The molecule has 2 amide bonds. The Morgan fingerprint density at radius 3 is 2.57 bits per heavy atom. The highest BCUT2D eigenvalue weighted by Crippen LogP contribution is 2.40. The van der Waals surface area contributed by atoms with Crippen LogP contribution < -0.4 is 20.5 Å². The molecule has 4 heterocycles. The van der Waals surface area contributed by atoms with E-state index >= 15 is 0 Å². The summed E-state index contributed by atoms with van der Waals surface area (Å²) < 4.78 is 5.70. The number of thioether (sulfide) groups is 1. The van der Waals surface area contributed by atoms with Crippen LogP contribution in [0.25, 0.3) is 0 Å². The fraction of sp³-hybridized carbons (Fsp3) is 0.519. The Bertz CT molecular complexity index is 1530. The van der Waals surface area contributed by atoms with Crippen LogP contribution in [0.15, 0.2) is 35.0 Å². The standard InChI is InChI=1S/C27H35N9O9S2/c1-2-5-16(25(41)42)45-32-18(21-31-27(28)47-33-21)22(39)30-19-23(40)36-20(26(43)44)15(14-46-24(19)36)12-34-9-6-29-17(13-34)35(7-3-10-37)8-4-11-38/h6,9,13,16,19,24,37-38H,2-5,7-8,10-12,14H2,1H3,(H4-,28,30,31,33,39,41,42,43,44)/p+1/t16?,19?,24-/m0/s1. The highest BCUT2D eigenvalue weighted by molar-refractivity contribution is 8.00. The smallest absolute Gasteiger partial charge is 0.352 e. The summed E-state index contributed by atoms with van der Waals surface area (Å²) in [5.74, 6) is -3.59. The number of aromatic nitrogens is 4. The van der Waals surface area contributed by atoms with Gasteiger partial charge in [0.1, 0.15) is 17.1 Å². The van der Waals surface area contributed by atoms with Gasteiger partial charge in [-0.05, 0) is 19.3 Å². The highest BCUT2D eigenvalue weighted by Gasteiger charge is 2.55. The molecule has 2 unspecified atom stereocenters. The summed E-state index contributed by atoms with van der Waals surface area (Å²) in [4.78, 5) is 67.1. The number of anilines is 2. The number of β-lactam (4-membered cyclic amide) rings is 1. The lowest BCUT2D eigenvalue weighted by Crippen LogP contribution is -2.71. The summed E-state index contributed by atoms with van der Waals surface area (Å²) >= 11 is 2.04. The van der Waals surface area contributed by atoms with Crippen LogP contribution in [0.4, 0.5) is 10.9 Å². The number of oxime groups is 1. The third kappa shape index (κ3) is 8.50. The molecule has 7 N–H and O–H groups in total. The average molecular weight is 695 g/mol. The van der Waals surface area contributed by atoms with Crippen molar-refractivity contribution in [3.63, 3.8) is 0 Å². The molecule has 0 aliphatic carbocycles. The highest BCUT2D eigenvalue weighted by atomic mass is 32.2. The average Bonchev–Trinajstić information content (AvgIpc) is 3.48. The maximum Gasteiger partial charge on any atom is 0.352 e. The van der Waals surface area contributed by atoms with Crippen LogP contribution in [0, 0.1) is 0 Å². The Balaban J connectivity index is 1.52. The zero-order valence-corrected chi connectivity index (χ0v) is 27.0. The fourth-order valence-electron chi connectivity index (χ4n) is 4.90. The second-order valence-corrected chi connectivity index (χ2v) is 12.4. The second kappa shape index (κ2) is 16.4. The van der Waals surface area contributed by atoms with Gasteiger partial charge in [-0.15, -0.1) is 11.8 Å². The van der Waals surface area contributed by atoms with Gasteiger partial charge in [-0.1, -0.05) is 18.5 Å². The van der Waals surface area contributed by atoms with Crippen LogP contribution in [0.3, 0.4) is 0 Å². The fourth-order valence-corrected chi connectivity index (χ4v) is 6.67. The quantitative estimate of drug-likeness (QED) is 0.0463. The lowest BCUT2D eigenvalue weighted by molar-refractivity contribution is -0.688. The van der Waals surface area contributed by atoms with Gasteiger partial charge < -0.3 is 41.2 Å². The lowest BCUT2D eigenvalue weighted by atomic mass is 10.0. The van der Waals surface area contributed by atoms with Gasteiger partial charge in [0.2, 0.25) is 23.8 Å². The molecule has 4 rings (SSSR count). The van der Waals surface area contributed by atoms with Crippen LogP contribution >= 0.6 is 23.3 Å². The molecule has 20 heteroatoms. The van der Waals surface area contributed by atoms with Crippen LogP contribution in [-0.2, 0) is 30.6 Å². The number of aliphatic carboxylic acids is 2. The number of carboxylic acids is 2. The van der Waals surface area contributed by atoms with Gasteiger partial charge in [-0.3, -0.25) is 14.5 Å². The summed E-state index contributed by atoms with van der Waals surface area (Å²) in [5.41, 5.74) is 5.45. The Hall–Kier alpha value is -4.40. The Labute approximate surface area is 277 Å². The molecule has 18 nitrogen and oxygen atoms in total. The van der Waals surface area contributed by atoms with Crippen LogP contribution in [0.5, 0.6) is 0 Å². The van der Waals surface area contributed by atoms with Gasteiger partial charge >= 0.3 is 11.9 Å². The molecule has 0 spiro atoms. The number of aliphatic hydroxyl groups excluding tert-OH is 2. The van der Waals surface area contributed by atoms with Gasteiger partial charge in [0.05, 0.1) is 6.20 Å². The van der Waals surface area contributed by atoms with Crippen molar-refractivity contribution in [1.82, 2.24) is 24.6 Å². The van der Waals surface area contributed by atoms with E-state index in [9.17, 15) is 39.6 Å². The number of rotatable bonds is 18. The number of fused-ring (bicyclic) bond motifs is 1. The minimum Gasteiger partial charge on any atom is -0.478 e. The van der Waals surface area contributed by atoms with Crippen molar-refractivity contribution in [3.8, 4) is 0 Å². The van der Waals surface area contributed by atoms with Crippen LogP contribution in [0.2, 0.25) is 0 Å². The number of nitrogens with one attached hydrogen (secondary N) is 1. The van der Waals surface area contributed by atoms with Crippen molar-refractivity contribution in [2.75, 3.05) is 42.7 Å². The first kappa shape index (κ1) is 35.5. The van der Waals surface area contributed by atoms with E-state index < -0.39 is 47.0 Å². The number of carbonyl (C=O) groups is 4. The molecule has 0 aromatic carbocycles. The maximum atomic E-state index is 13.3. The molecule has 2 aliphatic heterocycles. The minimum atomic E-state index is -1.34. The van der Waals surface area contributed by atoms with Gasteiger partial charge in [-0.25, -0.2) is 14.6 Å². The zero-order valence-electron chi connectivity index (χ0n) is 25.4. The molecule has 0 radical (unpaired) electrons. The number of hydrogen-bond acceptors (Lipinski definition) is 15. The summed E-state index contributed by atoms with van der Waals surface area (Å²) in [6.45, 7) is 2.88. The lowest BCUT2D eigenvalue weighted by Gasteiger charge is -2.49. The minimum absolute atomic E-state index is 0.0105. The van der Waals surface area contributed by atoms with E-state index in [1.54, 1.807) is 30.1 Å². The Kier molecular flexibility index (Phi) is 12.4. The molecule has 254 valence electrons. The van der Waals surface area contributed by atoms with E-state index in [0.29, 0.717) is 43.7 Å². The van der Waals surface area contributed by atoms with E-state index in [-0.39, 0.29) is 48.6 Å². The number of nitrogens with two attached hydrogens (primary N) is 1. The van der Waals surface area contributed by atoms with E-state index in [4.69, 9.17) is 10.6 Å². The number of carbonyl (C=O) groups excluding carboxylic acids is 2. The molecule has 2 aromatic heterocycles. The number of hydrogen-bond donors (Lipinski definition) is 6. The van der Waals surface area contributed by atoms with Crippen LogP contribution in [0.1, 0.15) is 38.4 Å². The van der Waals surface area contributed by atoms with Crippen molar-refractivity contribution in [1.29, 1.82) is 0 Å². The van der Waals surface area contributed by atoms with Crippen molar-refractivity contribution < 1.29 is 49.0 Å². The first-order chi connectivity index (χ1) is 22.6. The van der Waals surface area contributed by atoms with Gasteiger partial charge in [0, 0.05) is 49.2 Å². The van der Waals surface area contributed by atoms with E-state index in [1.165, 1.54) is 11.8 Å². The summed E-state index contributed by atoms with van der Waals surface area (Å²) in [6, 6.07) is -1.12. The summed E-state index contributed by atoms with van der Waals surface area (Å²) in [5, 5.41) is 43.6. The summed E-state index contributed by atoms with van der Waals surface area (Å²) in [6.07, 6.45) is 5.21. The SMILES string of the molecule is CCCC(ON=C(C(=O)NC1C(=O)N2C(C(=O)O)=C(C[n+]3ccnc(N(CCCO)CCCO)c3)CS[C@@H]12)c1nsc(N)n1)C(=O)O. The topological polar surface area (TPSA) is 258 Å². The molecule has 2 aromatic rings. The number of nitrogens with zero attached hydrogens (tertiary/aromatic N) is 7. The molecular formula is C27H36N9O9S2+. The predicted octanol–water partition coefficient (Wildman–Crippen LogP) is -1.21. The zero-order chi connectivity index (χ0) is 34.1. The van der Waals surface area contributed by atoms with Crippen molar-refractivity contribution in [3.05, 3.63) is 35.7 Å². The number of carboxylic acid groups (broad SMARTS) is 2. The second-order valence-electron chi connectivity index (χ2n) is 10.5. The van der Waals surface area contributed by atoms with Crippen molar-refractivity contribution in [2.45, 2.75) is 56.7 Å². The molecule has 0 bridgehead atoms. The van der Waals surface area contributed by atoms with Gasteiger partial charge in [0.15, 0.2) is 23.7 Å². The van der Waals surface area contributed by atoms with E-state index in [2.05, 4.69) is 24.8 Å². The van der Waals surface area contributed by atoms with Gasteiger partial charge in [0.25, 0.3) is 11.8 Å². The van der Waals surface area contributed by atoms with E-state index in [1.807, 2.05) is 4.90 Å². The normalized spacial score (nSPS) is 18.3. The number of amides is 2. The molecule has 2 aliphatic rings. The third-order valence-corrected chi connectivity index (χ3v) is 9.00. The van der Waals surface area contributed by atoms with Crippen LogP contribution in [-0.4, -0.2) is 119 Å². The Morgan fingerprint density at radius 1 is 1.26 bits per heavy atom. The molecule has 47 heavy (non-hydrogen) atoms. The first-order valence-corrected chi connectivity index (χ1v) is 16.5. The summed E-state index contributed by atoms with van der Waals surface area (Å²) in [7, 11) is 0. The molecule has 1 fully saturated rings. The first-order valence-electron chi connectivity index (χ1n) is 14.7. The predicted molar refractivity (Wildman–Crippen MR) is 168 cm³/mol. The largest absolute Gasteiger partial charge is 0.478 e. The number of aliphatic hydroxyl groups is 2. The van der Waals surface area contributed by atoms with Crippen molar-refractivity contribution in [2.24, 2.45) is 5.16 Å². The van der Waals surface area contributed by atoms with Crippen molar-refractivity contribution >= 4 is 63.7 Å². The number of nitrogen functional groups attached to an aromatic ring is 1. The molecule has 1 saturated heterocycles. The molecule has 3 atom stereocenters. The third-order valence-electron chi connectivity index (χ3n) is 7.12.